The Hall–Kier alpha value is -0.600. The highest BCUT2D eigenvalue weighted by molar-refractivity contribution is 7.38. The molecule has 0 aromatic heterocycles. The minimum absolute atomic E-state index is 0.00421. The summed E-state index contributed by atoms with van der Waals surface area (Å²) in [5, 5.41) is 0. The minimum Gasteiger partial charge on any atom is -0.459 e. The zero-order valence-corrected chi connectivity index (χ0v) is 7.24. The summed E-state index contributed by atoms with van der Waals surface area (Å²) in [4.78, 5) is 18.9. The maximum atomic E-state index is 10.5. The number of carbonyl (C=O) groups excluding carboxylic acids is 1. The highest BCUT2D eigenvalue weighted by atomic mass is 31.1. The fourth-order valence-electron chi connectivity index (χ4n) is 0.534. The first kappa shape index (κ1) is 10.4. The number of hydrogen-bond donors (Lipinski definition) is 1. The zero-order chi connectivity index (χ0) is 8.85. The Kier molecular flexibility index (Phi) is 4.83. The van der Waals surface area contributed by atoms with Crippen molar-refractivity contribution < 1.29 is 19.0 Å². The van der Waals surface area contributed by atoms with E-state index in [4.69, 9.17) is 4.89 Å². The molecule has 0 saturated heterocycles. The summed E-state index contributed by atoms with van der Waals surface area (Å²) >= 11 is 0. The van der Waals surface area contributed by atoms with E-state index in [2.05, 4.69) is 11.3 Å². The third-order valence-electron chi connectivity index (χ3n) is 0.946. The largest absolute Gasteiger partial charge is 0.459 e. The second kappa shape index (κ2) is 5.10. The van der Waals surface area contributed by atoms with E-state index in [1.165, 1.54) is 0 Å². The Morgan fingerprint density at radius 3 is 2.82 bits per heavy atom. The van der Waals surface area contributed by atoms with Gasteiger partial charge < -0.3 is 9.63 Å². The van der Waals surface area contributed by atoms with Crippen LogP contribution in [0.2, 0.25) is 0 Å². The van der Waals surface area contributed by atoms with Crippen LogP contribution in [0, 0.1) is 0 Å². The van der Waals surface area contributed by atoms with E-state index in [1.54, 1.807) is 6.92 Å². The van der Waals surface area contributed by atoms with Crippen LogP contribution in [-0.4, -0.2) is 23.1 Å². The van der Waals surface area contributed by atoms with Gasteiger partial charge in [0, 0.05) is 6.08 Å². The molecule has 0 amide bonds. The second-order valence-electron chi connectivity index (χ2n) is 2.05. The van der Waals surface area contributed by atoms with E-state index in [0.29, 0.717) is 0 Å². The Morgan fingerprint density at radius 1 is 1.91 bits per heavy atom. The highest BCUT2D eigenvalue weighted by Crippen LogP contribution is 2.15. The molecule has 11 heavy (non-hydrogen) atoms. The van der Waals surface area contributed by atoms with Gasteiger partial charge >= 0.3 is 5.97 Å². The Labute approximate surface area is 65.7 Å². The average molecular weight is 178 g/mol. The first-order valence-electron chi connectivity index (χ1n) is 3.11. The molecule has 0 aliphatic carbocycles. The molecule has 0 fully saturated rings. The number of ether oxygens (including phenoxy) is 1. The maximum Gasteiger partial charge on any atom is 0.330 e. The first-order chi connectivity index (χ1) is 5.06. The van der Waals surface area contributed by atoms with Crippen LogP contribution in [0.25, 0.3) is 0 Å². The van der Waals surface area contributed by atoms with Crippen LogP contribution in [0.4, 0.5) is 0 Å². The van der Waals surface area contributed by atoms with E-state index < -0.39 is 20.1 Å². The molecule has 0 rings (SSSR count). The molecule has 2 unspecified atom stereocenters. The average Bonchev–Trinajstić information content (AvgIpc) is 1.85. The molecule has 0 saturated carbocycles. The molecule has 1 N–H and O–H groups in total. The number of rotatable bonds is 4. The van der Waals surface area contributed by atoms with Gasteiger partial charge in [-0.25, -0.2) is 4.79 Å². The lowest BCUT2D eigenvalue weighted by Crippen LogP contribution is -2.14. The third kappa shape index (κ3) is 5.83. The standard InChI is InChI=1S/C6H11O4P/c1-3-6(7)10-5(2)4-11(8)9/h3,5,11H,1,4H2,2H3,(H,8,9). The Morgan fingerprint density at radius 2 is 2.45 bits per heavy atom. The summed E-state index contributed by atoms with van der Waals surface area (Å²) in [5.74, 6) is -0.569. The van der Waals surface area contributed by atoms with E-state index in [-0.39, 0.29) is 6.16 Å². The lowest BCUT2D eigenvalue weighted by atomic mass is 10.5. The quantitative estimate of drug-likeness (QED) is 0.388. The topological polar surface area (TPSA) is 63.6 Å². The Balaban J connectivity index is 3.68. The molecule has 5 heteroatoms. The lowest BCUT2D eigenvalue weighted by molar-refractivity contribution is -0.141. The van der Waals surface area contributed by atoms with Gasteiger partial charge in [0.2, 0.25) is 0 Å². The van der Waals surface area contributed by atoms with Crippen molar-refractivity contribution in [3.63, 3.8) is 0 Å². The molecule has 64 valence electrons. The fraction of sp³-hybridized carbons (Fsp3) is 0.500. The minimum atomic E-state index is -2.55. The van der Waals surface area contributed by atoms with Gasteiger partial charge in [-0.1, -0.05) is 6.58 Å². The van der Waals surface area contributed by atoms with Crippen molar-refractivity contribution in [2.24, 2.45) is 0 Å². The zero-order valence-electron chi connectivity index (χ0n) is 6.24. The summed E-state index contributed by atoms with van der Waals surface area (Å²) in [6.45, 7) is 4.74. The van der Waals surface area contributed by atoms with Crippen LogP contribution in [0.5, 0.6) is 0 Å². The Bertz CT molecular complexity index is 177. The molecule has 0 aliphatic rings. The van der Waals surface area contributed by atoms with Crippen LogP contribution >= 0.6 is 8.03 Å². The molecule has 0 radical (unpaired) electrons. The highest BCUT2D eigenvalue weighted by Gasteiger charge is 2.08. The molecule has 0 bridgehead atoms. The van der Waals surface area contributed by atoms with E-state index in [9.17, 15) is 9.36 Å². The molecule has 0 heterocycles. The molecule has 4 nitrogen and oxygen atoms in total. The van der Waals surface area contributed by atoms with Crippen LogP contribution in [-0.2, 0) is 14.1 Å². The van der Waals surface area contributed by atoms with Crippen molar-refractivity contribution in [1.29, 1.82) is 0 Å². The van der Waals surface area contributed by atoms with Crippen LogP contribution in [0.1, 0.15) is 6.92 Å². The van der Waals surface area contributed by atoms with Crippen LogP contribution in [0.15, 0.2) is 12.7 Å². The molecule has 0 spiro atoms. The fourth-order valence-corrected chi connectivity index (χ4v) is 1.11. The van der Waals surface area contributed by atoms with Crippen molar-refractivity contribution >= 4 is 14.0 Å². The van der Waals surface area contributed by atoms with Gasteiger partial charge in [-0.15, -0.1) is 0 Å². The van der Waals surface area contributed by atoms with E-state index in [0.717, 1.165) is 6.08 Å². The summed E-state index contributed by atoms with van der Waals surface area (Å²) < 4.78 is 14.9. The molecule has 0 aromatic rings. The van der Waals surface area contributed by atoms with Crippen LogP contribution < -0.4 is 0 Å². The molecular weight excluding hydrogens is 167 g/mol. The van der Waals surface area contributed by atoms with E-state index in [1.807, 2.05) is 0 Å². The van der Waals surface area contributed by atoms with Gasteiger partial charge in [0.1, 0.15) is 6.10 Å². The van der Waals surface area contributed by atoms with Gasteiger partial charge in [0.05, 0.1) is 6.16 Å². The summed E-state index contributed by atoms with van der Waals surface area (Å²) in [6.07, 6.45) is 0.506. The predicted octanol–water partition coefficient (Wildman–Crippen LogP) is 0.571. The molecule has 0 aliphatic heterocycles. The summed E-state index contributed by atoms with van der Waals surface area (Å²) in [6, 6.07) is 0. The first-order valence-corrected chi connectivity index (χ1v) is 4.67. The lowest BCUT2D eigenvalue weighted by Gasteiger charge is -2.08. The van der Waals surface area contributed by atoms with Crippen molar-refractivity contribution in [2.45, 2.75) is 13.0 Å². The van der Waals surface area contributed by atoms with Crippen molar-refractivity contribution in [2.75, 3.05) is 6.16 Å². The summed E-state index contributed by atoms with van der Waals surface area (Å²) in [7, 11) is -2.55. The molecule has 0 aromatic carbocycles. The van der Waals surface area contributed by atoms with Gasteiger partial charge in [0.25, 0.3) is 0 Å². The monoisotopic (exact) mass is 178 g/mol. The van der Waals surface area contributed by atoms with Gasteiger partial charge in [-0.05, 0) is 6.92 Å². The summed E-state index contributed by atoms with van der Waals surface area (Å²) in [5.41, 5.74) is 0. The van der Waals surface area contributed by atoms with Crippen molar-refractivity contribution in [1.82, 2.24) is 0 Å². The SMILES string of the molecule is C=CC(=O)OC(C)C[PH](=O)O. The normalized spacial score (nSPS) is 15.1. The third-order valence-corrected chi connectivity index (χ3v) is 1.87. The molecule has 2 atom stereocenters. The predicted molar refractivity (Wildman–Crippen MR) is 41.8 cm³/mol. The van der Waals surface area contributed by atoms with Gasteiger partial charge in [-0.3, -0.25) is 4.57 Å². The van der Waals surface area contributed by atoms with Crippen molar-refractivity contribution in [3.05, 3.63) is 12.7 Å². The maximum absolute atomic E-state index is 10.5. The van der Waals surface area contributed by atoms with Gasteiger partial charge in [-0.2, -0.15) is 0 Å². The van der Waals surface area contributed by atoms with Gasteiger partial charge in [0.15, 0.2) is 8.03 Å². The van der Waals surface area contributed by atoms with Crippen molar-refractivity contribution in [3.8, 4) is 0 Å². The number of esters is 1. The number of carbonyl (C=O) groups is 1. The number of hydrogen-bond acceptors (Lipinski definition) is 3. The molecular formula is C6H11O4P. The van der Waals surface area contributed by atoms with Crippen LogP contribution in [0.3, 0.4) is 0 Å². The van der Waals surface area contributed by atoms with E-state index >= 15 is 0 Å². The second-order valence-corrected chi connectivity index (χ2v) is 3.25. The smallest absolute Gasteiger partial charge is 0.330 e.